The van der Waals surface area contributed by atoms with Gasteiger partial charge in [-0.3, -0.25) is 4.90 Å². The minimum atomic E-state index is -0.489. The monoisotopic (exact) mass is 306 g/mol. The Balaban J connectivity index is 1.87. The molecule has 118 valence electrons. The van der Waals surface area contributed by atoms with Gasteiger partial charge in [0, 0.05) is 18.2 Å². The molecule has 3 nitrogen and oxygen atoms in total. The molecule has 0 radical (unpaired) electrons. The van der Waals surface area contributed by atoms with Crippen molar-refractivity contribution in [3.05, 3.63) is 52.9 Å². The Morgan fingerprint density at radius 2 is 2.00 bits per heavy atom. The third-order valence-electron chi connectivity index (χ3n) is 4.26. The first-order chi connectivity index (χ1) is 10.6. The molecule has 1 saturated heterocycles. The van der Waals surface area contributed by atoms with Gasteiger partial charge in [0.05, 0.1) is 11.7 Å². The lowest BCUT2D eigenvalue weighted by atomic mass is 10.1. The molecule has 1 aliphatic heterocycles. The minimum Gasteiger partial charge on any atom is -0.359 e. The number of likely N-dealkylation sites (tertiary alicyclic amines) is 1. The second kappa shape index (κ2) is 6.57. The molecule has 0 amide bonds. The molecular weight excluding hydrogens is 286 g/mol. The van der Waals surface area contributed by atoms with Crippen molar-refractivity contribution in [3.63, 3.8) is 0 Å². The van der Waals surface area contributed by atoms with Crippen molar-refractivity contribution >= 4 is 0 Å². The summed E-state index contributed by atoms with van der Waals surface area (Å²) in [5.41, 5.74) is 0.960. The Kier molecular flexibility index (Phi) is 4.52. The predicted molar refractivity (Wildman–Crippen MR) is 79.2 cm³/mol. The largest absolute Gasteiger partial charge is 0.359 e. The lowest BCUT2D eigenvalue weighted by molar-refractivity contribution is 0.156. The van der Waals surface area contributed by atoms with Crippen molar-refractivity contribution in [2.75, 3.05) is 6.54 Å². The highest BCUT2D eigenvalue weighted by molar-refractivity contribution is 5.20. The number of aryl methyl sites for hydroxylation is 1. The zero-order valence-corrected chi connectivity index (χ0v) is 12.7. The van der Waals surface area contributed by atoms with Gasteiger partial charge in [0.15, 0.2) is 5.76 Å². The fourth-order valence-electron chi connectivity index (χ4n) is 3.11. The Labute approximate surface area is 128 Å². The van der Waals surface area contributed by atoms with Crippen molar-refractivity contribution in [2.24, 2.45) is 0 Å². The van der Waals surface area contributed by atoms with E-state index in [0.29, 0.717) is 0 Å². The molecule has 1 unspecified atom stereocenters. The van der Waals surface area contributed by atoms with E-state index in [1.165, 1.54) is 18.2 Å². The summed E-state index contributed by atoms with van der Waals surface area (Å²) < 4.78 is 33.3. The molecule has 0 spiro atoms. The molecule has 1 fully saturated rings. The Morgan fingerprint density at radius 3 is 2.68 bits per heavy atom. The first-order valence-corrected chi connectivity index (χ1v) is 7.75. The number of hydrogen-bond acceptors (Lipinski definition) is 3. The van der Waals surface area contributed by atoms with E-state index in [1.807, 2.05) is 13.0 Å². The van der Waals surface area contributed by atoms with E-state index in [0.717, 1.165) is 43.7 Å². The number of nitrogens with zero attached hydrogens (tertiary/aromatic N) is 2. The molecule has 1 atom stereocenters. The standard InChI is InChI=1S/C17H20F2N2O/c1-12-10-17(22-20-12)16-8-3-2-4-9-21(16)11-13-14(18)6-5-7-15(13)19/h5-7,10,16H,2-4,8-9,11H2,1H3. The molecule has 0 N–H and O–H groups in total. The van der Waals surface area contributed by atoms with Gasteiger partial charge < -0.3 is 4.52 Å². The average Bonchev–Trinajstić information content (AvgIpc) is 2.79. The quantitative estimate of drug-likeness (QED) is 0.843. The van der Waals surface area contributed by atoms with Crippen LogP contribution in [0.2, 0.25) is 0 Å². The number of hydrogen-bond donors (Lipinski definition) is 0. The topological polar surface area (TPSA) is 29.3 Å². The van der Waals surface area contributed by atoms with E-state index in [2.05, 4.69) is 10.1 Å². The first-order valence-electron chi connectivity index (χ1n) is 7.75. The number of rotatable bonds is 3. The Morgan fingerprint density at radius 1 is 1.23 bits per heavy atom. The lowest BCUT2D eigenvalue weighted by Crippen LogP contribution is -2.28. The number of benzene rings is 1. The maximum Gasteiger partial charge on any atom is 0.154 e. The predicted octanol–water partition coefficient (Wildman–Crippen LogP) is 4.38. The van der Waals surface area contributed by atoms with Crippen LogP contribution in [-0.4, -0.2) is 16.6 Å². The summed E-state index contributed by atoms with van der Waals surface area (Å²) in [5, 5.41) is 3.95. The molecule has 2 heterocycles. The third kappa shape index (κ3) is 3.19. The van der Waals surface area contributed by atoms with Gasteiger partial charge in [-0.05, 0) is 38.4 Å². The second-order valence-electron chi connectivity index (χ2n) is 5.91. The van der Waals surface area contributed by atoms with E-state index >= 15 is 0 Å². The van der Waals surface area contributed by atoms with E-state index < -0.39 is 11.6 Å². The summed E-state index contributed by atoms with van der Waals surface area (Å²) >= 11 is 0. The van der Waals surface area contributed by atoms with Gasteiger partial charge >= 0.3 is 0 Å². The van der Waals surface area contributed by atoms with Gasteiger partial charge in [0.25, 0.3) is 0 Å². The van der Waals surface area contributed by atoms with Crippen LogP contribution < -0.4 is 0 Å². The highest BCUT2D eigenvalue weighted by Gasteiger charge is 2.27. The fourth-order valence-corrected chi connectivity index (χ4v) is 3.11. The normalized spacial score (nSPS) is 20.0. The second-order valence-corrected chi connectivity index (χ2v) is 5.91. The fraction of sp³-hybridized carbons (Fsp3) is 0.471. The smallest absolute Gasteiger partial charge is 0.154 e. The van der Waals surface area contributed by atoms with Crippen LogP contribution in [0.3, 0.4) is 0 Å². The van der Waals surface area contributed by atoms with Crippen molar-refractivity contribution in [2.45, 2.75) is 45.2 Å². The van der Waals surface area contributed by atoms with Gasteiger partial charge in [-0.15, -0.1) is 0 Å². The first kappa shape index (κ1) is 15.2. The van der Waals surface area contributed by atoms with Crippen LogP contribution in [0.5, 0.6) is 0 Å². The van der Waals surface area contributed by atoms with Gasteiger partial charge in [0.2, 0.25) is 0 Å². The van der Waals surface area contributed by atoms with Crippen LogP contribution in [-0.2, 0) is 6.54 Å². The molecule has 0 aliphatic carbocycles. The highest BCUT2D eigenvalue weighted by atomic mass is 19.1. The van der Waals surface area contributed by atoms with Crippen molar-refractivity contribution in [1.29, 1.82) is 0 Å². The van der Waals surface area contributed by atoms with Gasteiger partial charge in [-0.2, -0.15) is 0 Å². The van der Waals surface area contributed by atoms with Gasteiger partial charge in [-0.25, -0.2) is 8.78 Å². The van der Waals surface area contributed by atoms with Crippen LogP contribution in [0.25, 0.3) is 0 Å². The number of halogens is 2. The molecule has 0 bridgehead atoms. The van der Waals surface area contributed by atoms with Crippen molar-refractivity contribution in [3.8, 4) is 0 Å². The molecular formula is C17H20F2N2O. The summed E-state index contributed by atoms with van der Waals surface area (Å²) in [4.78, 5) is 2.11. The van der Waals surface area contributed by atoms with E-state index in [1.54, 1.807) is 0 Å². The molecule has 0 saturated carbocycles. The molecule has 1 aliphatic rings. The zero-order valence-electron chi connectivity index (χ0n) is 12.7. The summed E-state index contributed by atoms with van der Waals surface area (Å²) in [6.07, 6.45) is 4.16. The zero-order chi connectivity index (χ0) is 15.5. The molecule has 1 aromatic heterocycles. The minimum absolute atomic E-state index is 0.0303. The average molecular weight is 306 g/mol. The third-order valence-corrected chi connectivity index (χ3v) is 4.26. The van der Waals surface area contributed by atoms with E-state index in [-0.39, 0.29) is 18.2 Å². The molecule has 5 heteroatoms. The van der Waals surface area contributed by atoms with Crippen molar-refractivity contribution < 1.29 is 13.3 Å². The van der Waals surface area contributed by atoms with Gasteiger partial charge in [0.1, 0.15) is 11.6 Å². The van der Waals surface area contributed by atoms with Crippen molar-refractivity contribution in [1.82, 2.24) is 10.1 Å². The lowest BCUT2D eigenvalue weighted by Gasteiger charge is -2.28. The Bertz CT molecular complexity index is 621. The van der Waals surface area contributed by atoms with Crippen LogP contribution in [0.1, 0.15) is 48.7 Å². The molecule has 2 aromatic rings. The summed E-state index contributed by atoms with van der Waals surface area (Å²) in [6.45, 7) is 2.94. The number of aromatic nitrogens is 1. The Hall–Kier alpha value is -1.75. The summed E-state index contributed by atoms with van der Waals surface area (Å²) in [6, 6.07) is 5.96. The SMILES string of the molecule is Cc1cc(C2CCCCCN2Cc2c(F)cccc2F)on1. The van der Waals surface area contributed by atoms with Gasteiger partial charge in [-0.1, -0.05) is 24.1 Å². The van der Waals surface area contributed by atoms with Crippen LogP contribution in [0, 0.1) is 18.6 Å². The summed E-state index contributed by atoms with van der Waals surface area (Å²) in [7, 11) is 0. The maximum absolute atomic E-state index is 13.9. The molecule has 3 rings (SSSR count). The van der Waals surface area contributed by atoms with Crippen LogP contribution in [0.15, 0.2) is 28.8 Å². The van der Waals surface area contributed by atoms with Crippen LogP contribution in [0.4, 0.5) is 8.78 Å². The summed E-state index contributed by atoms with van der Waals surface area (Å²) in [5.74, 6) is -0.190. The van der Waals surface area contributed by atoms with E-state index in [4.69, 9.17) is 4.52 Å². The maximum atomic E-state index is 13.9. The van der Waals surface area contributed by atoms with E-state index in [9.17, 15) is 8.78 Å². The highest BCUT2D eigenvalue weighted by Crippen LogP contribution is 2.32. The molecule has 1 aromatic carbocycles. The molecule has 22 heavy (non-hydrogen) atoms. The van der Waals surface area contributed by atoms with Crippen LogP contribution >= 0.6 is 0 Å².